The number of esters is 1. The number of quaternary nitrogens is 1. The van der Waals surface area contributed by atoms with Gasteiger partial charge in [-0.25, -0.2) is 9.59 Å². The second-order valence-electron chi connectivity index (χ2n) is 10.2. The van der Waals surface area contributed by atoms with Gasteiger partial charge in [-0.2, -0.15) is 0 Å². The molecule has 200 valence electrons. The number of rotatable bonds is 9. The largest absolute Gasteiger partial charge is 0.481 e. The van der Waals surface area contributed by atoms with Gasteiger partial charge in [-0.3, -0.25) is 9.59 Å². The van der Waals surface area contributed by atoms with Crippen LogP contribution in [0.3, 0.4) is 0 Å². The minimum atomic E-state index is -2.74. The van der Waals surface area contributed by atoms with E-state index in [0.717, 1.165) is 49.7 Å². The van der Waals surface area contributed by atoms with Crippen molar-refractivity contribution in [2.75, 3.05) is 27.2 Å². The van der Waals surface area contributed by atoms with Gasteiger partial charge in [0.15, 0.2) is 17.3 Å². The molecule has 2 fully saturated rings. The van der Waals surface area contributed by atoms with E-state index in [1.807, 2.05) is 30.3 Å². The molecule has 1 aliphatic heterocycles. The van der Waals surface area contributed by atoms with Gasteiger partial charge in [0.1, 0.15) is 6.54 Å². The second-order valence-corrected chi connectivity index (χ2v) is 10.2. The zero-order chi connectivity index (χ0) is 27.1. The van der Waals surface area contributed by atoms with Gasteiger partial charge in [0.05, 0.1) is 33.5 Å². The molecule has 2 aliphatic rings. The molecule has 0 spiro atoms. The number of carbonyl (C=O) groups excluding carboxylic acids is 1. The minimum absolute atomic E-state index is 0.0405. The average molecular weight is 511 g/mol. The molecule has 1 aromatic rings. The summed E-state index contributed by atoms with van der Waals surface area (Å²) >= 11 is 0. The highest BCUT2D eigenvalue weighted by molar-refractivity contribution is 5.88. The molecular weight excluding hydrogens is 474 g/mol. The number of likely N-dealkylation sites (N-methyl/N-ethyl adjacent to an activating group) is 1. The zero-order valence-corrected chi connectivity index (χ0v) is 20.6. The average Bonchev–Trinajstić information content (AvgIpc) is 3.43. The maximum absolute atomic E-state index is 12.9. The second kappa shape index (κ2) is 11.8. The lowest BCUT2D eigenvalue weighted by Crippen LogP contribution is -2.46. The highest BCUT2D eigenvalue weighted by Crippen LogP contribution is 2.42. The molecule has 36 heavy (non-hydrogen) atoms. The van der Waals surface area contributed by atoms with E-state index in [2.05, 4.69) is 14.1 Å². The molecule has 0 bridgehead atoms. The van der Waals surface area contributed by atoms with Gasteiger partial charge in [-0.05, 0) is 18.4 Å². The molecular formula is C25H36NO10+. The summed E-state index contributed by atoms with van der Waals surface area (Å²) < 4.78 is 6.64. The maximum Gasteiger partial charge on any atom is 0.343 e. The number of benzene rings is 1. The topological polar surface area (TPSA) is 179 Å². The minimum Gasteiger partial charge on any atom is -0.481 e. The number of likely N-dealkylation sites (tertiary alicyclic amines) is 1. The Balaban J connectivity index is 0.000000302. The number of aliphatic hydroxyl groups is 2. The summed E-state index contributed by atoms with van der Waals surface area (Å²) in [6, 6.07) is 9.33. The van der Waals surface area contributed by atoms with Crippen molar-refractivity contribution in [2.45, 2.75) is 62.3 Å². The Morgan fingerprint density at radius 1 is 0.917 bits per heavy atom. The van der Waals surface area contributed by atoms with Gasteiger partial charge in [0, 0.05) is 12.3 Å². The highest BCUT2D eigenvalue weighted by Gasteiger charge is 2.49. The van der Waals surface area contributed by atoms with Crippen molar-refractivity contribution in [1.29, 1.82) is 0 Å². The van der Waals surface area contributed by atoms with Crippen LogP contribution in [0.2, 0.25) is 0 Å². The molecule has 5 N–H and O–H groups in total. The van der Waals surface area contributed by atoms with E-state index in [0.29, 0.717) is 5.56 Å². The summed E-state index contributed by atoms with van der Waals surface area (Å²) in [4.78, 5) is 43.4. The van der Waals surface area contributed by atoms with Gasteiger partial charge >= 0.3 is 23.9 Å². The lowest BCUT2D eigenvalue weighted by Gasteiger charge is -2.33. The summed E-state index contributed by atoms with van der Waals surface area (Å²) in [7, 11) is 4.29. The fourth-order valence-electron chi connectivity index (χ4n) is 4.83. The summed E-state index contributed by atoms with van der Waals surface area (Å²) in [5, 5.41) is 45.2. The highest BCUT2D eigenvalue weighted by atomic mass is 16.6. The maximum atomic E-state index is 12.9. The Labute approximate surface area is 209 Å². The quantitative estimate of drug-likeness (QED) is 0.239. The van der Waals surface area contributed by atoms with Crippen LogP contribution in [-0.4, -0.2) is 92.8 Å². The first-order valence-electron chi connectivity index (χ1n) is 11.9. The van der Waals surface area contributed by atoms with Crippen LogP contribution in [-0.2, 0) is 29.5 Å². The predicted molar refractivity (Wildman–Crippen MR) is 126 cm³/mol. The first-order valence-corrected chi connectivity index (χ1v) is 11.9. The predicted octanol–water partition coefficient (Wildman–Crippen LogP) is 1.21. The molecule has 2 atom stereocenters. The molecule has 11 heteroatoms. The monoisotopic (exact) mass is 510 g/mol. The summed E-state index contributed by atoms with van der Waals surface area (Å²) in [5.74, 6) is -5.52. The molecule has 0 amide bonds. The lowest BCUT2D eigenvalue weighted by molar-refractivity contribution is -0.879. The molecule has 0 radical (unpaired) electrons. The van der Waals surface area contributed by atoms with Crippen LogP contribution in [0.4, 0.5) is 0 Å². The Kier molecular flexibility index (Phi) is 9.58. The molecule has 11 nitrogen and oxygen atoms in total. The molecule has 2 unspecified atom stereocenters. The molecule has 1 aliphatic carbocycles. The van der Waals surface area contributed by atoms with Crippen LogP contribution < -0.4 is 0 Å². The Morgan fingerprint density at radius 3 is 1.86 bits per heavy atom. The number of ether oxygens (including phenoxy) is 1. The van der Waals surface area contributed by atoms with Gasteiger partial charge in [0.2, 0.25) is 0 Å². The van der Waals surface area contributed by atoms with Crippen LogP contribution in [0.5, 0.6) is 0 Å². The van der Waals surface area contributed by atoms with Crippen molar-refractivity contribution in [3.05, 3.63) is 35.9 Å². The van der Waals surface area contributed by atoms with Gasteiger partial charge < -0.3 is 34.8 Å². The number of carboxylic acids is 3. The Morgan fingerprint density at radius 2 is 1.44 bits per heavy atom. The SMILES string of the molecule is C[N+]1(C)CCC(OC(=O)C(O)(c2ccccc2)C2CCCC2)C1.O=C(O)CC(O)(CC(=O)O)C(=O)O. The van der Waals surface area contributed by atoms with E-state index in [-0.39, 0.29) is 12.0 Å². The van der Waals surface area contributed by atoms with E-state index in [1.165, 1.54) is 0 Å². The number of carbonyl (C=O) groups is 4. The van der Waals surface area contributed by atoms with Crippen LogP contribution in [0.1, 0.15) is 50.5 Å². The van der Waals surface area contributed by atoms with Crippen LogP contribution in [0, 0.1) is 5.92 Å². The van der Waals surface area contributed by atoms with Gasteiger partial charge in [0.25, 0.3) is 0 Å². The first-order chi connectivity index (χ1) is 16.7. The number of hydrogen-bond donors (Lipinski definition) is 5. The molecule has 1 saturated carbocycles. The summed E-state index contributed by atoms with van der Waals surface area (Å²) in [6.45, 7) is 1.83. The third-order valence-corrected chi connectivity index (χ3v) is 6.78. The summed E-state index contributed by atoms with van der Waals surface area (Å²) in [6.07, 6.45) is 2.40. The van der Waals surface area contributed by atoms with Crippen molar-refractivity contribution in [1.82, 2.24) is 0 Å². The molecule has 3 rings (SSSR count). The van der Waals surface area contributed by atoms with E-state index in [1.54, 1.807) is 0 Å². The standard InChI is InChI=1S/C19H28NO3.C6H8O7/c1-20(2)13-12-17(14-20)23-18(21)19(22,16-10-6-7-11-16)15-8-4-3-5-9-15;7-3(8)1-6(13,5(11)12)2-4(9)10/h3-5,8-9,16-17,22H,6-7,10-14H2,1-2H3;13H,1-2H2,(H,7,8)(H,9,10)(H,11,12)/q+1;. The first kappa shape index (κ1) is 29.2. The van der Waals surface area contributed by atoms with E-state index in [4.69, 9.17) is 25.2 Å². The van der Waals surface area contributed by atoms with Crippen LogP contribution in [0.25, 0.3) is 0 Å². The Bertz CT molecular complexity index is 925. The van der Waals surface area contributed by atoms with Crippen molar-refractivity contribution in [2.24, 2.45) is 5.92 Å². The van der Waals surface area contributed by atoms with Crippen molar-refractivity contribution in [3.8, 4) is 0 Å². The normalized spacial score (nSPS) is 21.1. The van der Waals surface area contributed by atoms with E-state index >= 15 is 0 Å². The summed E-state index contributed by atoms with van der Waals surface area (Å²) in [5.41, 5.74) is -3.57. The van der Waals surface area contributed by atoms with Crippen LogP contribution in [0.15, 0.2) is 30.3 Å². The van der Waals surface area contributed by atoms with Crippen molar-refractivity contribution in [3.63, 3.8) is 0 Å². The molecule has 0 aromatic heterocycles. The van der Waals surface area contributed by atoms with E-state index in [9.17, 15) is 24.3 Å². The van der Waals surface area contributed by atoms with Crippen molar-refractivity contribution >= 4 is 23.9 Å². The number of carboxylic acid groups (broad SMARTS) is 3. The smallest absolute Gasteiger partial charge is 0.343 e. The van der Waals surface area contributed by atoms with Crippen molar-refractivity contribution < 1.29 is 53.9 Å². The van der Waals surface area contributed by atoms with Gasteiger partial charge in [-0.1, -0.05) is 43.2 Å². The number of aliphatic carboxylic acids is 3. The molecule has 1 aromatic carbocycles. The third kappa shape index (κ3) is 7.49. The Hall–Kier alpha value is -3.02. The van der Waals surface area contributed by atoms with Gasteiger partial charge in [-0.15, -0.1) is 0 Å². The van der Waals surface area contributed by atoms with E-state index < -0.39 is 47.9 Å². The number of nitrogens with zero attached hydrogens (tertiary/aromatic N) is 1. The fourth-order valence-corrected chi connectivity index (χ4v) is 4.83. The molecule has 1 saturated heterocycles. The number of hydrogen-bond acceptors (Lipinski definition) is 7. The zero-order valence-electron chi connectivity index (χ0n) is 20.6. The lowest BCUT2D eigenvalue weighted by atomic mass is 9.80. The third-order valence-electron chi connectivity index (χ3n) is 6.78. The fraction of sp³-hybridized carbons (Fsp3) is 0.600. The van der Waals surface area contributed by atoms with Crippen LogP contribution >= 0.6 is 0 Å². The molecule has 1 heterocycles.